The molecule has 0 aliphatic rings. The predicted octanol–water partition coefficient (Wildman–Crippen LogP) is 5.81. The Bertz CT molecular complexity index is 899. The van der Waals surface area contributed by atoms with Crippen molar-refractivity contribution in [2.75, 3.05) is 7.11 Å². The van der Waals surface area contributed by atoms with E-state index in [4.69, 9.17) is 9.15 Å². The van der Waals surface area contributed by atoms with Crippen LogP contribution >= 0.6 is 23.5 Å². The lowest BCUT2D eigenvalue weighted by atomic mass is 10.2. The van der Waals surface area contributed by atoms with Crippen molar-refractivity contribution < 1.29 is 17.9 Å². The number of aromatic nitrogens is 3. The number of halogens is 2. The summed E-state index contributed by atoms with van der Waals surface area (Å²) in [5, 5.41) is 9.40. The molecule has 3 rings (SSSR count). The van der Waals surface area contributed by atoms with Crippen LogP contribution in [0.3, 0.4) is 0 Å². The second-order valence-corrected chi connectivity index (χ2v) is 8.41. The van der Waals surface area contributed by atoms with Crippen LogP contribution in [0.15, 0.2) is 51.1 Å². The lowest BCUT2D eigenvalue weighted by molar-refractivity contribution is 0.251. The first-order valence-corrected chi connectivity index (χ1v) is 10.6. The number of ether oxygens (including phenoxy) is 1. The second kappa shape index (κ2) is 9.47. The molecule has 28 heavy (non-hydrogen) atoms. The molecule has 0 aliphatic heterocycles. The van der Waals surface area contributed by atoms with E-state index in [9.17, 15) is 8.78 Å². The maximum atomic E-state index is 12.7. The van der Waals surface area contributed by atoms with Gasteiger partial charge < -0.3 is 9.15 Å². The van der Waals surface area contributed by atoms with Crippen LogP contribution in [0.25, 0.3) is 11.6 Å². The van der Waals surface area contributed by atoms with E-state index in [0.29, 0.717) is 45.7 Å². The van der Waals surface area contributed by atoms with Crippen molar-refractivity contribution in [2.24, 2.45) is 5.92 Å². The molecule has 0 unspecified atom stereocenters. The summed E-state index contributed by atoms with van der Waals surface area (Å²) >= 11 is 2.02. The molecule has 1 aromatic carbocycles. The number of furan rings is 1. The van der Waals surface area contributed by atoms with Crippen molar-refractivity contribution in [2.45, 2.75) is 42.0 Å². The number of nitrogens with zero attached hydrogens (tertiary/aromatic N) is 3. The molecule has 0 saturated heterocycles. The molecule has 0 amide bonds. The third-order valence-corrected chi connectivity index (χ3v) is 5.63. The van der Waals surface area contributed by atoms with Gasteiger partial charge in [-0.25, -0.2) is 0 Å². The zero-order valence-electron chi connectivity index (χ0n) is 15.8. The van der Waals surface area contributed by atoms with Crippen LogP contribution in [0.5, 0.6) is 5.75 Å². The Labute approximate surface area is 170 Å². The summed E-state index contributed by atoms with van der Waals surface area (Å²) in [5.41, 5.74) is 0.958. The summed E-state index contributed by atoms with van der Waals surface area (Å²) in [7, 11) is 1.48. The smallest absolute Gasteiger partial charge is 0.289 e. The van der Waals surface area contributed by atoms with Gasteiger partial charge in [0.2, 0.25) is 0 Å². The molecule has 2 heterocycles. The number of hydrogen-bond acceptors (Lipinski definition) is 6. The van der Waals surface area contributed by atoms with E-state index >= 15 is 0 Å². The Morgan fingerprint density at radius 1 is 1.21 bits per heavy atom. The molecule has 9 heteroatoms. The maximum Gasteiger partial charge on any atom is 0.289 e. The summed E-state index contributed by atoms with van der Waals surface area (Å²) in [4.78, 5) is 0.425. The van der Waals surface area contributed by atoms with E-state index in [1.807, 2.05) is 22.8 Å². The zero-order chi connectivity index (χ0) is 20.1. The van der Waals surface area contributed by atoms with E-state index in [2.05, 4.69) is 24.0 Å². The topological polar surface area (TPSA) is 53.1 Å². The Kier molecular flexibility index (Phi) is 7.01. The molecule has 0 bridgehead atoms. The molecule has 2 aromatic heterocycles. The molecule has 5 nitrogen and oxygen atoms in total. The molecule has 0 spiro atoms. The van der Waals surface area contributed by atoms with Gasteiger partial charge in [-0.15, -0.1) is 10.2 Å². The lowest BCUT2D eigenvalue weighted by Crippen LogP contribution is -2.07. The highest BCUT2D eigenvalue weighted by molar-refractivity contribution is 7.99. The SMILES string of the molecule is COc1cc(CSc2nnc(-c3ccco3)n2CC(C)C)ccc1SC(F)F. The van der Waals surface area contributed by atoms with Crippen molar-refractivity contribution in [3.8, 4) is 17.3 Å². The summed E-state index contributed by atoms with van der Waals surface area (Å²) in [5.74, 6) is 0.365. The Morgan fingerprint density at radius 2 is 2.04 bits per heavy atom. The number of rotatable bonds is 9. The normalized spacial score (nSPS) is 11.5. The van der Waals surface area contributed by atoms with Crippen LogP contribution in [-0.2, 0) is 12.3 Å². The van der Waals surface area contributed by atoms with E-state index in [-0.39, 0.29) is 0 Å². The minimum atomic E-state index is -2.48. The first-order valence-electron chi connectivity index (χ1n) is 8.69. The highest BCUT2D eigenvalue weighted by Gasteiger charge is 2.18. The maximum absolute atomic E-state index is 12.7. The van der Waals surface area contributed by atoms with Gasteiger partial charge in [0.15, 0.2) is 16.7 Å². The minimum absolute atomic E-state index is 0.412. The van der Waals surface area contributed by atoms with Crippen molar-refractivity contribution >= 4 is 23.5 Å². The van der Waals surface area contributed by atoms with E-state index in [1.54, 1.807) is 18.4 Å². The van der Waals surface area contributed by atoms with Crippen molar-refractivity contribution in [3.63, 3.8) is 0 Å². The summed E-state index contributed by atoms with van der Waals surface area (Å²) in [6.07, 6.45) is 1.61. The first-order chi connectivity index (χ1) is 13.5. The van der Waals surface area contributed by atoms with Crippen molar-refractivity contribution in [3.05, 3.63) is 42.2 Å². The average Bonchev–Trinajstić information content (AvgIpc) is 3.30. The van der Waals surface area contributed by atoms with Gasteiger partial charge in [-0.2, -0.15) is 8.78 Å². The molecular weight excluding hydrogens is 404 g/mol. The summed E-state index contributed by atoms with van der Waals surface area (Å²) in [6.45, 7) is 5.02. The molecular formula is C19H21F2N3O2S2. The van der Waals surface area contributed by atoms with Gasteiger partial charge >= 0.3 is 0 Å². The highest BCUT2D eigenvalue weighted by atomic mass is 32.2. The summed E-state index contributed by atoms with van der Waals surface area (Å²) in [6, 6.07) is 8.96. The van der Waals surface area contributed by atoms with Gasteiger partial charge in [0, 0.05) is 12.3 Å². The number of hydrogen-bond donors (Lipinski definition) is 0. The van der Waals surface area contributed by atoms with Crippen molar-refractivity contribution in [1.82, 2.24) is 14.8 Å². The monoisotopic (exact) mass is 425 g/mol. The molecule has 0 fully saturated rings. The van der Waals surface area contributed by atoms with Gasteiger partial charge in [-0.1, -0.05) is 43.4 Å². The Balaban J connectivity index is 1.79. The second-order valence-electron chi connectivity index (χ2n) is 6.44. The average molecular weight is 426 g/mol. The highest BCUT2D eigenvalue weighted by Crippen LogP contribution is 2.35. The minimum Gasteiger partial charge on any atom is -0.496 e. The predicted molar refractivity (Wildman–Crippen MR) is 107 cm³/mol. The number of alkyl halides is 2. The van der Waals surface area contributed by atoms with Crippen LogP contribution in [0.1, 0.15) is 19.4 Å². The summed E-state index contributed by atoms with van der Waals surface area (Å²) < 4.78 is 38.1. The van der Waals surface area contributed by atoms with Gasteiger partial charge in [-0.05, 0) is 35.7 Å². The third-order valence-electron chi connectivity index (χ3n) is 3.82. The molecule has 150 valence electrons. The Hall–Kier alpha value is -2.00. The number of methoxy groups -OCH3 is 1. The molecule has 0 aliphatic carbocycles. The first kappa shape index (κ1) is 20.7. The lowest BCUT2D eigenvalue weighted by Gasteiger charge is -2.12. The zero-order valence-corrected chi connectivity index (χ0v) is 17.4. The van der Waals surface area contributed by atoms with Gasteiger partial charge in [0.05, 0.1) is 18.3 Å². The van der Waals surface area contributed by atoms with Crippen LogP contribution in [0.4, 0.5) is 8.78 Å². The number of thioether (sulfide) groups is 2. The van der Waals surface area contributed by atoms with Gasteiger partial charge in [-0.3, -0.25) is 4.57 Å². The van der Waals surface area contributed by atoms with Gasteiger partial charge in [0.25, 0.3) is 5.76 Å². The molecule has 0 N–H and O–H groups in total. The Morgan fingerprint density at radius 3 is 2.68 bits per heavy atom. The fourth-order valence-electron chi connectivity index (χ4n) is 2.66. The fourth-order valence-corrected chi connectivity index (χ4v) is 4.14. The van der Waals surface area contributed by atoms with Crippen molar-refractivity contribution in [1.29, 1.82) is 0 Å². The number of benzene rings is 1. The molecule has 0 atom stereocenters. The molecule has 0 saturated carbocycles. The van der Waals surface area contributed by atoms with E-state index < -0.39 is 5.76 Å². The van der Waals surface area contributed by atoms with Crippen LogP contribution in [0, 0.1) is 5.92 Å². The fraction of sp³-hybridized carbons (Fsp3) is 0.368. The molecule has 0 radical (unpaired) electrons. The largest absolute Gasteiger partial charge is 0.496 e. The van der Waals surface area contributed by atoms with Crippen LogP contribution in [-0.4, -0.2) is 27.6 Å². The van der Waals surface area contributed by atoms with Crippen LogP contribution < -0.4 is 4.74 Å². The van der Waals surface area contributed by atoms with Gasteiger partial charge in [0.1, 0.15) is 5.75 Å². The van der Waals surface area contributed by atoms with E-state index in [1.165, 1.54) is 18.9 Å². The standard InChI is InChI=1S/C19H21F2N3O2S2/c1-12(2)10-24-17(14-5-4-8-26-14)22-23-19(24)27-11-13-6-7-16(28-18(20)21)15(9-13)25-3/h4-9,12,18H,10-11H2,1-3H3. The van der Waals surface area contributed by atoms with E-state index in [0.717, 1.165) is 17.3 Å². The quantitative estimate of drug-likeness (QED) is 0.403. The van der Waals surface area contributed by atoms with Crippen LogP contribution in [0.2, 0.25) is 0 Å². The third kappa shape index (κ3) is 5.08. The molecule has 3 aromatic rings.